The molecule has 168 valence electrons. The minimum absolute atomic E-state index is 0. The van der Waals surface area contributed by atoms with Gasteiger partial charge in [-0.05, 0) is 26.5 Å². The first-order chi connectivity index (χ1) is 13.4. The highest BCUT2D eigenvalue weighted by Gasteiger charge is 2.32. The molecule has 0 unspecified atom stereocenters. The van der Waals surface area contributed by atoms with Crippen molar-refractivity contribution in [3.8, 4) is 0 Å². The molecule has 0 spiro atoms. The number of ether oxygens (including phenoxy) is 1. The molecular formula is C17H31F3IN7O. The number of anilines is 1. The Morgan fingerprint density at radius 3 is 2.66 bits per heavy atom. The van der Waals surface area contributed by atoms with Crippen LogP contribution in [0.5, 0.6) is 0 Å². The van der Waals surface area contributed by atoms with Gasteiger partial charge in [0.05, 0.1) is 6.54 Å². The van der Waals surface area contributed by atoms with Crippen LogP contribution in [-0.2, 0) is 10.9 Å². The number of likely N-dealkylation sites (N-methyl/N-ethyl adjacent to an activating group) is 1. The van der Waals surface area contributed by atoms with Gasteiger partial charge in [-0.3, -0.25) is 4.99 Å². The molecular weight excluding hydrogens is 502 g/mol. The van der Waals surface area contributed by atoms with Crippen LogP contribution in [0.15, 0.2) is 17.3 Å². The molecule has 0 aliphatic heterocycles. The third-order valence-electron chi connectivity index (χ3n) is 3.63. The molecule has 0 aromatic carbocycles. The van der Waals surface area contributed by atoms with Crippen molar-refractivity contribution in [1.29, 1.82) is 0 Å². The van der Waals surface area contributed by atoms with E-state index in [1.165, 1.54) is 0 Å². The fourth-order valence-electron chi connectivity index (χ4n) is 2.22. The zero-order valence-corrected chi connectivity index (χ0v) is 19.4. The van der Waals surface area contributed by atoms with E-state index in [0.29, 0.717) is 32.1 Å². The molecule has 0 aliphatic carbocycles. The smallest absolute Gasteiger partial charge is 0.385 e. The number of halogens is 4. The molecule has 0 aliphatic rings. The van der Waals surface area contributed by atoms with E-state index in [1.54, 1.807) is 7.11 Å². The number of nitrogens with zero attached hydrogens (tertiary/aromatic N) is 4. The van der Waals surface area contributed by atoms with Gasteiger partial charge in [0.2, 0.25) is 5.95 Å². The molecule has 0 bridgehead atoms. The predicted octanol–water partition coefficient (Wildman–Crippen LogP) is 2.05. The number of aromatic nitrogens is 2. The molecule has 3 N–H and O–H groups in total. The number of methoxy groups -OCH3 is 1. The Morgan fingerprint density at radius 2 is 2.00 bits per heavy atom. The van der Waals surface area contributed by atoms with Crippen molar-refractivity contribution < 1.29 is 17.9 Å². The quantitative estimate of drug-likeness (QED) is 0.164. The molecule has 29 heavy (non-hydrogen) atoms. The summed E-state index contributed by atoms with van der Waals surface area (Å²) in [5.41, 5.74) is -0.970. The Morgan fingerprint density at radius 1 is 1.24 bits per heavy atom. The summed E-state index contributed by atoms with van der Waals surface area (Å²) >= 11 is 0. The number of alkyl halides is 3. The van der Waals surface area contributed by atoms with E-state index >= 15 is 0 Å². The molecule has 0 radical (unpaired) electrons. The summed E-state index contributed by atoms with van der Waals surface area (Å²) < 4.78 is 43.0. The van der Waals surface area contributed by atoms with Gasteiger partial charge in [0.15, 0.2) is 5.96 Å². The SMILES string of the molecule is CCNC(=NCCN(C)CCCOC)NCCNc1nccc(C(F)(F)F)n1.I. The average Bonchev–Trinajstić information content (AvgIpc) is 2.65. The Labute approximate surface area is 187 Å². The van der Waals surface area contributed by atoms with Gasteiger partial charge >= 0.3 is 6.18 Å². The molecule has 1 rings (SSSR count). The Hall–Kier alpha value is -1.41. The lowest BCUT2D eigenvalue weighted by atomic mass is 10.4. The van der Waals surface area contributed by atoms with E-state index < -0.39 is 11.9 Å². The Bertz CT molecular complexity index is 590. The van der Waals surface area contributed by atoms with Crippen LogP contribution in [0, 0.1) is 0 Å². The molecule has 0 amide bonds. The van der Waals surface area contributed by atoms with Crippen LogP contribution in [0.3, 0.4) is 0 Å². The molecule has 1 aromatic rings. The monoisotopic (exact) mass is 533 g/mol. The molecule has 1 aromatic heterocycles. The first-order valence-corrected chi connectivity index (χ1v) is 9.20. The largest absolute Gasteiger partial charge is 0.433 e. The second-order valence-corrected chi connectivity index (χ2v) is 6.03. The van der Waals surface area contributed by atoms with Crippen LogP contribution in [0.25, 0.3) is 0 Å². The molecule has 0 atom stereocenters. The number of hydrogen-bond donors (Lipinski definition) is 3. The number of nitrogens with one attached hydrogen (secondary N) is 3. The van der Waals surface area contributed by atoms with Gasteiger partial charge in [0, 0.05) is 52.6 Å². The summed E-state index contributed by atoms with van der Waals surface area (Å²) in [6.07, 6.45) is -2.43. The van der Waals surface area contributed by atoms with Gasteiger partial charge in [-0.25, -0.2) is 9.97 Å². The van der Waals surface area contributed by atoms with E-state index in [2.05, 4.69) is 35.8 Å². The maximum absolute atomic E-state index is 12.6. The lowest BCUT2D eigenvalue weighted by Gasteiger charge is -2.16. The van der Waals surface area contributed by atoms with Crippen LogP contribution in [0.4, 0.5) is 19.1 Å². The highest BCUT2D eigenvalue weighted by atomic mass is 127. The molecule has 0 fully saturated rings. The number of rotatable bonds is 12. The lowest BCUT2D eigenvalue weighted by molar-refractivity contribution is -0.141. The van der Waals surface area contributed by atoms with Crippen LogP contribution in [0.1, 0.15) is 19.0 Å². The summed E-state index contributed by atoms with van der Waals surface area (Å²) in [5, 5.41) is 9.02. The van der Waals surface area contributed by atoms with Gasteiger partial charge in [0.25, 0.3) is 0 Å². The van der Waals surface area contributed by atoms with Crippen LogP contribution in [0.2, 0.25) is 0 Å². The standard InChI is InChI=1S/C17H30F3N7O.HI/c1-4-21-15(25-10-12-27(2)11-5-13-28-3)23-8-9-24-16-22-7-6-14(26-16)17(18,19)20;/h6-7H,4-5,8-13H2,1-3H3,(H2,21,23,25)(H,22,24,26);1H. The zero-order valence-electron chi connectivity index (χ0n) is 17.1. The van der Waals surface area contributed by atoms with E-state index in [4.69, 9.17) is 4.74 Å². The summed E-state index contributed by atoms with van der Waals surface area (Å²) in [6.45, 7) is 6.59. The third-order valence-corrected chi connectivity index (χ3v) is 3.63. The van der Waals surface area contributed by atoms with Gasteiger partial charge in [-0.15, -0.1) is 24.0 Å². The summed E-state index contributed by atoms with van der Waals surface area (Å²) in [5.74, 6) is 0.593. The van der Waals surface area contributed by atoms with E-state index in [1.807, 2.05) is 14.0 Å². The number of hydrogen-bond acceptors (Lipinski definition) is 6. The number of aliphatic imine (C=N–C) groups is 1. The second kappa shape index (κ2) is 15.4. The van der Waals surface area contributed by atoms with Crippen molar-refractivity contribution in [3.05, 3.63) is 18.0 Å². The highest BCUT2D eigenvalue weighted by molar-refractivity contribution is 14.0. The van der Waals surface area contributed by atoms with E-state index in [0.717, 1.165) is 38.4 Å². The zero-order chi connectivity index (χ0) is 20.8. The van der Waals surface area contributed by atoms with Crippen LogP contribution < -0.4 is 16.0 Å². The molecule has 0 saturated carbocycles. The Kier molecular flexibility index (Phi) is 14.7. The minimum atomic E-state index is -4.49. The highest BCUT2D eigenvalue weighted by Crippen LogP contribution is 2.27. The van der Waals surface area contributed by atoms with E-state index in [9.17, 15) is 13.2 Å². The van der Waals surface area contributed by atoms with Gasteiger partial charge in [-0.2, -0.15) is 13.2 Å². The maximum Gasteiger partial charge on any atom is 0.433 e. The topological polar surface area (TPSA) is 86.7 Å². The molecule has 8 nitrogen and oxygen atoms in total. The lowest BCUT2D eigenvalue weighted by Crippen LogP contribution is -2.40. The van der Waals surface area contributed by atoms with Gasteiger partial charge in [-0.1, -0.05) is 0 Å². The van der Waals surface area contributed by atoms with Gasteiger partial charge < -0.3 is 25.6 Å². The van der Waals surface area contributed by atoms with Crippen LogP contribution >= 0.6 is 24.0 Å². The van der Waals surface area contributed by atoms with E-state index in [-0.39, 0.29) is 29.9 Å². The first-order valence-electron chi connectivity index (χ1n) is 9.20. The molecule has 0 saturated heterocycles. The van der Waals surface area contributed by atoms with Crippen molar-refractivity contribution in [3.63, 3.8) is 0 Å². The van der Waals surface area contributed by atoms with Crippen LogP contribution in [-0.4, -0.2) is 80.9 Å². The van der Waals surface area contributed by atoms with Crippen molar-refractivity contribution >= 4 is 35.9 Å². The fraction of sp³-hybridized carbons (Fsp3) is 0.706. The molecule has 12 heteroatoms. The first kappa shape index (κ1) is 27.6. The molecule has 1 heterocycles. The fourth-order valence-corrected chi connectivity index (χ4v) is 2.22. The van der Waals surface area contributed by atoms with Crippen molar-refractivity contribution in [2.75, 3.05) is 65.3 Å². The summed E-state index contributed by atoms with van der Waals surface area (Å²) in [7, 11) is 3.72. The summed E-state index contributed by atoms with van der Waals surface area (Å²) in [4.78, 5) is 13.9. The minimum Gasteiger partial charge on any atom is -0.385 e. The van der Waals surface area contributed by atoms with Crippen molar-refractivity contribution in [2.24, 2.45) is 4.99 Å². The summed E-state index contributed by atoms with van der Waals surface area (Å²) in [6, 6.07) is 0.839. The normalized spacial score (nSPS) is 11.9. The third kappa shape index (κ3) is 12.7. The number of guanidine groups is 1. The van der Waals surface area contributed by atoms with Gasteiger partial charge in [0.1, 0.15) is 5.69 Å². The maximum atomic E-state index is 12.6. The second-order valence-electron chi connectivity index (χ2n) is 6.03. The van der Waals surface area contributed by atoms with Crippen molar-refractivity contribution in [2.45, 2.75) is 19.5 Å². The average molecular weight is 533 g/mol. The van der Waals surface area contributed by atoms with Crippen molar-refractivity contribution in [1.82, 2.24) is 25.5 Å². The Balaban J connectivity index is 0.00000784. The predicted molar refractivity (Wildman–Crippen MR) is 119 cm³/mol.